The molecule has 5 nitrogen and oxygen atoms in total. The number of piperidine rings is 1. The second-order valence-electron chi connectivity index (χ2n) is 5.89. The summed E-state index contributed by atoms with van der Waals surface area (Å²) in [7, 11) is 0. The Kier molecular flexibility index (Phi) is 5.13. The molecular formula is C14H22N4OS2. The Morgan fingerprint density at radius 2 is 2.19 bits per heavy atom. The number of likely N-dealkylation sites (tertiary alicyclic amines) is 1. The van der Waals surface area contributed by atoms with Gasteiger partial charge in [-0.25, -0.2) is 0 Å². The molecule has 1 atom stereocenters. The number of aromatic nitrogens is 2. The fourth-order valence-corrected chi connectivity index (χ4v) is 4.92. The van der Waals surface area contributed by atoms with Crippen LogP contribution in [-0.4, -0.2) is 57.6 Å². The molecule has 0 radical (unpaired) electrons. The van der Waals surface area contributed by atoms with Gasteiger partial charge in [-0.2, -0.15) is 11.8 Å². The lowest BCUT2D eigenvalue weighted by Gasteiger charge is -2.35. The van der Waals surface area contributed by atoms with Crippen molar-refractivity contribution in [3.63, 3.8) is 0 Å². The number of carbonyl (C=O) groups excluding carboxylic acids is 1. The Morgan fingerprint density at radius 3 is 2.81 bits per heavy atom. The van der Waals surface area contributed by atoms with Crippen LogP contribution in [0.25, 0.3) is 0 Å². The number of nitrogens with zero attached hydrogens (tertiary/aromatic N) is 3. The minimum Gasteiger partial charge on any atom is -0.351 e. The molecule has 2 saturated heterocycles. The van der Waals surface area contributed by atoms with Crippen molar-refractivity contribution in [2.45, 2.75) is 32.2 Å². The average molecular weight is 326 g/mol. The summed E-state index contributed by atoms with van der Waals surface area (Å²) in [5, 5.41) is 6.93. The van der Waals surface area contributed by atoms with Gasteiger partial charge in [0, 0.05) is 18.3 Å². The van der Waals surface area contributed by atoms with E-state index >= 15 is 0 Å². The van der Waals surface area contributed by atoms with Crippen molar-refractivity contribution in [3.05, 3.63) is 10.6 Å². The van der Waals surface area contributed by atoms with Gasteiger partial charge in [0.2, 0.25) is 0 Å². The summed E-state index contributed by atoms with van der Waals surface area (Å²) in [5.74, 6) is 3.22. The molecule has 1 aromatic rings. The highest BCUT2D eigenvalue weighted by atomic mass is 32.2. The van der Waals surface area contributed by atoms with Gasteiger partial charge < -0.3 is 5.32 Å². The normalized spacial score (nSPS) is 24.3. The molecule has 21 heavy (non-hydrogen) atoms. The van der Waals surface area contributed by atoms with Gasteiger partial charge in [-0.3, -0.25) is 9.69 Å². The van der Waals surface area contributed by atoms with Gasteiger partial charge in [0.25, 0.3) is 5.91 Å². The number of thioether (sulfide) groups is 1. The predicted molar refractivity (Wildman–Crippen MR) is 87.0 cm³/mol. The Balaban J connectivity index is 1.41. The molecule has 0 aliphatic carbocycles. The van der Waals surface area contributed by atoms with Crippen molar-refractivity contribution >= 4 is 29.2 Å². The summed E-state index contributed by atoms with van der Waals surface area (Å²) >= 11 is 3.26. The van der Waals surface area contributed by atoms with Crippen LogP contribution in [0.15, 0.2) is 0 Å². The van der Waals surface area contributed by atoms with Crippen LogP contribution in [-0.2, 0) is 0 Å². The third-order valence-electron chi connectivity index (χ3n) is 4.48. The number of hydrogen-bond acceptors (Lipinski definition) is 6. The fourth-order valence-electron chi connectivity index (χ4n) is 3.09. The SMILES string of the molecule is Cc1nnsc1C(=O)NCC1CCN([C@@H]2CCSC2)CC1. The number of nitrogens with one attached hydrogen (secondary N) is 1. The molecule has 3 heterocycles. The summed E-state index contributed by atoms with van der Waals surface area (Å²) in [6.07, 6.45) is 3.74. The average Bonchev–Trinajstić information content (AvgIpc) is 3.16. The van der Waals surface area contributed by atoms with Gasteiger partial charge in [0.1, 0.15) is 4.88 Å². The Bertz CT molecular complexity index is 479. The van der Waals surface area contributed by atoms with Gasteiger partial charge in [0.05, 0.1) is 5.69 Å². The fraction of sp³-hybridized carbons (Fsp3) is 0.786. The Labute approximate surface area is 134 Å². The molecule has 1 aromatic heterocycles. The van der Waals surface area contributed by atoms with E-state index in [9.17, 15) is 4.79 Å². The largest absolute Gasteiger partial charge is 0.351 e. The van der Waals surface area contributed by atoms with Gasteiger partial charge in [0.15, 0.2) is 0 Å². The summed E-state index contributed by atoms with van der Waals surface area (Å²) in [6, 6.07) is 0.802. The van der Waals surface area contributed by atoms with Crippen molar-refractivity contribution in [2.24, 2.45) is 5.92 Å². The summed E-state index contributed by atoms with van der Waals surface area (Å²) < 4.78 is 3.81. The van der Waals surface area contributed by atoms with E-state index < -0.39 is 0 Å². The monoisotopic (exact) mass is 326 g/mol. The zero-order valence-corrected chi connectivity index (χ0v) is 14.0. The van der Waals surface area contributed by atoms with Crippen molar-refractivity contribution < 1.29 is 4.79 Å². The van der Waals surface area contributed by atoms with Crippen LogP contribution in [0.3, 0.4) is 0 Å². The summed E-state index contributed by atoms with van der Waals surface area (Å²) in [4.78, 5) is 15.3. The highest BCUT2D eigenvalue weighted by Gasteiger charge is 2.27. The lowest BCUT2D eigenvalue weighted by atomic mass is 9.95. The predicted octanol–water partition coefficient (Wildman–Crippen LogP) is 1.79. The van der Waals surface area contributed by atoms with Crippen molar-refractivity contribution in [2.75, 3.05) is 31.1 Å². The van der Waals surface area contributed by atoms with E-state index in [0.29, 0.717) is 10.8 Å². The van der Waals surface area contributed by atoms with Crippen LogP contribution < -0.4 is 5.32 Å². The van der Waals surface area contributed by atoms with E-state index in [1.54, 1.807) is 0 Å². The molecule has 1 N–H and O–H groups in total. The standard InChI is InChI=1S/C14H22N4OS2/c1-10-13(21-17-16-10)14(19)15-8-11-2-5-18(6-3-11)12-4-7-20-9-12/h11-12H,2-9H2,1H3,(H,15,19)/t12-/m1/s1. The molecule has 7 heteroatoms. The molecule has 0 unspecified atom stereocenters. The molecule has 0 saturated carbocycles. The molecular weight excluding hydrogens is 304 g/mol. The van der Waals surface area contributed by atoms with Gasteiger partial charge in [-0.1, -0.05) is 4.49 Å². The van der Waals surface area contributed by atoms with Crippen molar-refractivity contribution in [3.8, 4) is 0 Å². The molecule has 2 fully saturated rings. The smallest absolute Gasteiger partial charge is 0.264 e. The van der Waals surface area contributed by atoms with E-state index in [2.05, 4.69) is 31.6 Å². The van der Waals surface area contributed by atoms with Crippen LogP contribution in [0.5, 0.6) is 0 Å². The maximum atomic E-state index is 12.0. The van der Waals surface area contributed by atoms with Gasteiger partial charge in [-0.05, 0) is 62.5 Å². The second-order valence-corrected chi connectivity index (χ2v) is 7.80. The quantitative estimate of drug-likeness (QED) is 0.914. The molecule has 0 spiro atoms. The third-order valence-corrected chi connectivity index (χ3v) is 6.45. The lowest BCUT2D eigenvalue weighted by molar-refractivity contribution is 0.0931. The minimum absolute atomic E-state index is 0.0166. The first-order valence-corrected chi connectivity index (χ1v) is 9.56. The number of hydrogen-bond donors (Lipinski definition) is 1. The number of amides is 1. The first kappa shape index (κ1) is 15.2. The van der Waals surface area contributed by atoms with E-state index in [0.717, 1.165) is 18.3 Å². The Hall–Kier alpha value is -0.660. The Morgan fingerprint density at radius 1 is 1.38 bits per heavy atom. The zero-order chi connectivity index (χ0) is 14.7. The number of rotatable bonds is 4. The van der Waals surface area contributed by atoms with E-state index in [1.165, 1.54) is 55.4 Å². The molecule has 0 aromatic carbocycles. The van der Waals surface area contributed by atoms with Crippen LogP contribution >= 0.6 is 23.3 Å². The highest BCUT2D eigenvalue weighted by molar-refractivity contribution is 7.99. The first-order valence-electron chi connectivity index (χ1n) is 7.63. The van der Waals surface area contributed by atoms with Crippen LogP contribution in [0.2, 0.25) is 0 Å². The van der Waals surface area contributed by atoms with Gasteiger partial charge >= 0.3 is 0 Å². The first-order chi connectivity index (χ1) is 10.2. The molecule has 1 amide bonds. The third kappa shape index (κ3) is 3.76. The number of carbonyl (C=O) groups is 1. The van der Waals surface area contributed by atoms with Gasteiger partial charge in [-0.15, -0.1) is 5.10 Å². The zero-order valence-electron chi connectivity index (χ0n) is 12.4. The molecule has 0 bridgehead atoms. The van der Waals surface area contributed by atoms with Crippen molar-refractivity contribution in [1.82, 2.24) is 19.8 Å². The second kappa shape index (κ2) is 7.07. The lowest BCUT2D eigenvalue weighted by Crippen LogP contribution is -2.43. The van der Waals surface area contributed by atoms with E-state index in [-0.39, 0.29) is 5.91 Å². The number of aryl methyl sites for hydroxylation is 1. The highest BCUT2D eigenvalue weighted by Crippen LogP contribution is 2.26. The minimum atomic E-state index is -0.0166. The molecule has 2 aliphatic heterocycles. The van der Waals surface area contributed by atoms with Crippen LogP contribution in [0, 0.1) is 12.8 Å². The van der Waals surface area contributed by atoms with E-state index in [4.69, 9.17) is 0 Å². The van der Waals surface area contributed by atoms with E-state index in [1.807, 2.05) is 6.92 Å². The van der Waals surface area contributed by atoms with Crippen LogP contribution in [0.4, 0.5) is 0 Å². The molecule has 2 aliphatic rings. The maximum absolute atomic E-state index is 12.0. The summed E-state index contributed by atoms with van der Waals surface area (Å²) in [5.41, 5.74) is 0.728. The topological polar surface area (TPSA) is 58.1 Å². The molecule has 3 rings (SSSR count). The van der Waals surface area contributed by atoms with Crippen molar-refractivity contribution in [1.29, 1.82) is 0 Å². The maximum Gasteiger partial charge on any atom is 0.264 e. The van der Waals surface area contributed by atoms with Crippen LogP contribution in [0.1, 0.15) is 34.6 Å². The molecule has 116 valence electrons. The summed E-state index contributed by atoms with van der Waals surface area (Å²) in [6.45, 7) is 4.99.